The van der Waals surface area contributed by atoms with Crippen molar-refractivity contribution in [3.05, 3.63) is 60.3 Å². The summed E-state index contributed by atoms with van der Waals surface area (Å²) in [5, 5.41) is 4.89. The number of carbonyl (C=O) groups is 2. The lowest BCUT2D eigenvalue weighted by Gasteiger charge is -2.21. The van der Waals surface area contributed by atoms with Crippen molar-refractivity contribution in [1.82, 2.24) is 9.88 Å². The average Bonchev–Trinajstić information content (AvgIpc) is 3.19. The molecule has 2 amide bonds. The maximum Gasteiger partial charge on any atom is 0.360 e. The van der Waals surface area contributed by atoms with Crippen LogP contribution < -0.4 is 5.32 Å². The van der Waals surface area contributed by atoms with E-state index in [2.05, 4.69) is 15.0 Å². The number of oxazole rings is 1. The topological polar surface area (TPSA) is 93.9 Å². The number of anilines is 1. The quantitative estimate of drug-likeness (QED) is 0.629. The number of rotatable bonds is 7. The van der Waals surface area contributed by atoms with Gasteiger partial charge in [0, 0.05) is 19.0 Å². The van der Waals surface area contributed by atoms with Crippen LogP contribution in [-0.2, 0) is 16.0 Å². The molecular weight excluding hydrogens is 362 g/mol. The van der Waals surface area contributed by atoms with E-state index in [4.69, 9.17) is 9.15 Å². The number of methoxy groups -OCH3 is 2. The minimum absolute atomic E-state index is 0.0543. The van der Waals surface area contributed by atoms with Crippen molar-refractivity contribution in [2.45, 2.75) is 6.54 Å². The lowest BCUT2D eigenvalue weighted by atomic mass is 10.1. The van der Waals surface area contributed by atoms with Gasteiger partial charge in [-0.2, -0.15) is 0 Å². The number of nitrogens with zero attached hydrogens (tertiary/aromatic N) is 2. The van der Waals surface area contributed by atoms with Crippen molar-refractivity contribution in [3.63, 3.8) is 0 Å². The number of esters is 1. The van der Waals surface area contributed by atoms with E-state index in [9.17, 15) is 9.59 Å². The van der Waals surface area contributed by atoms with E-state index >= 15 is 0 Å². The molecule has 0 bridgehead atoms. The molecule has 1 heterocycles. The Morgan fingerprint density at radius 3 is 2.71 bits per heavy atom. The van der Waals surface area contributed by atoms with Crippen LogP contribution in [0.5, 0.6) is 0 Å². The van der Waals surface area contributed by atoms with Crippen molar-refractivity contribution < 1.29 is 23.5 Å². The van der Waals surface area contributed by atoms with Gasteiger partial charge in [-0.05, 0) is 11.5 Å². The summed E-state index contributed by atoms with van der Waals surface area (Å²) in [6.45, 7) is 0.744. The molecule has 0 unspecified atom stereocenters. The first kappa shape index (κ1) is 19.4. The zero-order chi connectivity index (χ0) is 19.9. The Morgan fingerprint density at radius 2 is 1.93 bits per heavy atom. The van der Waals surface area contributed by atoms with Crippen molar-refractivity contribution in [2.75, 3.05) is 32.7 Å². The highest BCUT2D eigenvalue weighted by molar-refractivity contribution is 6.01. The van der Waals surface area contributed by atoms with Crippen LogP contribution >= 0.6 is 0 Å². The molecule has 1 N–H and O–H groups in total. The molecule has 8 heteroatoms. The Balaban J connectivity index is 1.77. The van der Waals surface area contributed by atoms with Gasteiger partial charge < -0.3 is 24.1 Å². The normalized spacial score (nSPS) is 10.6. The maximum atomic E-state index is 12.9. The van der Waals surface area contributed by atoms with Crippen LogP contribution in [0.4, 0.5) is 10.5 Å². The molecule has 146 valence electrons. The van der Waals surface area contributed by atoms with Gasteiger partial charge in [0.05, 0.1) is 25.9 Å². The molecule has 0 atom stereocenters. The SMILES string of the molecule is COCCN(Cc1nc(C(=O)OC)co1)C(=O)Nc1cccc2ccccc12. The number of benzene rings is 2. The van der Waals surface area contributed by atoms with E-state index < -0.39 is 5.97 Å². The highest BCUT2D eigenvalue weighted by Crippen LogP contribution is 2.23. The van der Waals surface area contributed by atoms with Crippen molar-refractivity contribution in [3.8, 4) is 0 Å². The second-order valence-corrected chi connectivity index (χ2v) is 5.99. The second kappa shape index (κ2) is 9.01. The third-order valence-corrected chi connectivity index (χ3v) is 4.16. The molecule has 0 aliphatic heterocycles. The smallest absolute Gasteiger partial charge is 0.360 e. The molecule has 1 aromatic heterocycles. The molecule has 28 heavy (non-hydrogen) atoms. The number of ether oxygens (including phenoxy) is 2. The van der Waals surface area contributed by atoms with Crippen LogP contribution in [0.25, 0.3) is 10.8 Å². The van der Waals surface area contributed by atoms with Crippen molar-refractivity contribution >= 4 is 28.5 Å². The Labute approximate surface area is 162 Å². The highest BCUT2D eigenvalue weighted by atomic mass is 16.5. The molecule has 0 saturated heterocycles. The number of nitrogens with one attached hydrogen (secondary N) is 1. The summed E-state index contributed by atoms with van der Waals surface area (Å²) in [5.74, 6) is -0.372. The summed E-state index contributed by atoms with van der Waals surface area (Å²) in [6.07, 6.45) is 1.21. The molecule has 0 spiro atoms. The maximum absolute atomic E-state index is 12.9. The number of amides is 2. The Bertz CT molecular complexity index is 964. The van der Waals surface area contributed by atoms with Gasteiger partial charge in [-0.1, -0.05) is 36.4 Å². The summed E-state index contributed by atoms with van der Waals surface area (Å²) in [6, 6.07) is 13.2. The van der Waals surface area contributed by atoms with Crippen LogP contribution in [0, 0.1) is 0 Å². The first-order chi connectivity index (χ1) is 13.6. The van der Waals surface area contributed by atoms with Gasteiger partial charge in [-0.25, -0.2) is 14.6 Å². The predicted octanol–water partition coefficient (Wildman–Crippen LogP) is 3.29. The number of aromatic nitrogens is 1. The van der Waals surface area contributed by atoms with E-state index in [-0.39, 0.29) is 24.2 Å². The monoisotopic (exact) mass is 383 g/mol. The van der Waals surface area contributed by atoms with E-state index in [0.717, 1.165) is 10.8 Å². The van der Waals surface area contributed by atoms with Gasteiger partial charge >= 0.3 is 12.0 Å². The standard InChI is InChI=1S/C20H21N3O5/c1-26-11-10-23(12-18-21-17(13-28-18)19(24)27-2)20(25)22-16-9-5-7-14-6-3-4-8-15(14)16/h3-9,13H,10-12H2,1-2H3,(H,22,25). The minimum atomic E-state index is -0.598. The largest absolute Gasteiger partial charge is 0.464 e. The fraction of sp³-hybridized carbons (Fsp3) is 0.250. The van der Waals surface area contributed by atoms with E-state index in [1.807, 2.05) is 42.5 Å². The summed E-state index contributed by atoms with van der Waals surface area (Å²) in [5.41, 5.74) is 0.756. The Kier molecular flexibility index (Phi) is 6.23. The van der Waals surface area contributed by atoms with Crippen LogP contribution in [-0.4, -0.2) is 49.3 Å². The first-order valence-electron chi connectivity index (χ1n) is 8.67. The summed E-state index contributed by atoms with van der Waals surface area (Å²) >= 11 is 0. The van der Waals surface area contributed by atoms with Gasteiger partial charge in [0.2, 0.25) is 5.89 Å². The average molecular weight is 383 g/mol. The predicted molar refractivity (Wildman–Crippen MR) is 103 cm³/mol. The van der Waals surface area contributed by atoms with Gasteiger partial charge in [0.15, 0.2) is 5.69 Å². The lowest BCUT2D eigenvalue weighted by Crippen LogP contribution is -2.37. The van der Waals surface area contributed by atoms with Gasteiger partial charge in [-0.3, -0.25) is 0 Å². The number of fused-ring (bicyclic) bond motifs is 1. The Hall–Kier alpha value is -3.39. The third-order valence-electron chi connectivity index (χ3n) is 4.16. The van der Waals surface area contributed by atoms with E-state index in [1.54, 1.807) is 7.11 Å². The second-order valence-electron chi connectivity index (χ2n) is 5.99. The minimum Gasteiger partial charge on any atom is -0.464 e. The fourth-order valence-electron chi connectivity index (χ4n) is 2.73. The molecule has 0 saturated carbocycles. The first-order valence-corrected chi connectivity index (χ1v) is 8.67. The van der Waals surface area contributed by atoms with Crippen molar-refractivity contribution in [2.24, 2.45) is 0 Å². The Morgan fingerprint density at radius 1 is 1.14 bits per heavy atom. The zero-order valence-electron chi connectivity index (χ0n) is 15.7. The summed E-state index contributed by atoms with van der Waals surface area (Å²) < 4.78 is 15.0. The van der Waals surface area contributed by atoms with E-state index in [0.29, 0.717) is 18.8 Å². The molecule has 0 aliphatic carbocycles. The molecule has 8 nitrogen and oxygen atoms in total. The van der Waals surface area contributed by atoms with Crippen LogP contribution in [0.3, 0.4) is 0 Å². The number of hydrogen-bond acceptors (Lipinski definition) is 6. The van der Waals surface area contributed by atoms with Gasteiger partial charge in [0.25, 0.3) is 0 Å². The third kappa shape index (κ3) is 4.47. The van der Waals surface area contributed by atoms with E-state index in [1.165, 1.54) is 18.3 Å². The fourth-order valence-corrected chi connectivity index (χ4v) is 2.73. The summed E-state index contributed by atoms with van der Waals surface area (Å²) in [4.78, 5) is 30.0. The molecule has 0 fully saturated rings. The van der Waals surface area contributed by atoms with Crippen LogP contribution in [0.1, 0.15) is 16.4 Å². The van der Waals surface area contributed by atoms with Crippen LogP contribution in [0.15, 0.2) is 53.1 Å². The zero-order valence-corrected chi connectivity index (χ0v) is 15.7. The summed E-state index contributed by atoms with van der Waals surface area (Å²) in [7, 11) is 2.82. The highest BCUT2D eigenvalue weighted by Gasteiger charge is 2.19. The molecular formula is C20H21N3O5. The molecule has 3 rings (SSSR count). The molecule has 3 aromatic rings. The lowest BCUT2D eigenvalue weighted by molar-refractivity contribution is 0.0594. The number of urea groups is 1. The number of carbonyl (C=O) groups excluding carboxylic acids is 2. The molecule has 2 aromatic carbocycles. The number of hydrogen-bond donors (Lipinski definition) is 1. The van der Waals surface area contributed by atoms with Gasteiger partial charge in [-0.15, -0.1) is 0 Å². The van der Waals surface area contributed by atoms with Crippen LogP contribution in [0.2, 0.25) is 0 Å². The van der Waals surface area contributed by atoms with Gasteiger partial charge in [0.1, 0.15) is 6.26 Å². The molecule has 0 aliphatic rings. The van der Waals surface area contributed by atoms with Crippen molar-refractivity contribution in [1.29, 1.82) is 0 Å². The molecule has 0 radical (unpaired) electrons.